The molecule has 0 bridgehead atoms. The molecule has 0 saturated carbocycles. The third-order valence-corrected chi connectivity index (χ3v) is 5.29. The number of rotatable bonds is 7. The molecule has 2 aromatic heterocycles. The van der Waals surface area contributed by atoms with Crippen molar-refractivity contribution in [2.75, 3.05) is 5.32 Å². The molecule has 0 aliphatic heterocycles. The number of nitrogens with one attached hydrogen (secondary N) is 1. The van der Waals surface area contributed by atoms with E-state index in [1.54, 1.807) is 18.5 Å². The van der Waals surface area contributed by atoms with Gasteiger partial charge >= 0.3 is 5.69 Å². The van der Waals surface area contributed by atoms with E-state index in [0.29, 0.717) is 34.9 Å². The first kappa shape index (κ1) is 19.6. The number of nitro groups is 1. The third kappa shape index (κ3) is 3.91. The van der Waals surface area contributed by atoms with Gasteiger partial charge in [0, 0.05) is 17.8 Å². The minimum Gasteiger partial charge on any atom is -0.317 e. The Labute approximate surface area is 155 Å². The second kappa shape index (κ2) is 8.10. The van der Waals surface area contributed by atoms with E-state index < -0.39 is 4.92 Å². The lowest BCUT2D eigenvalue weighted by Gasteiger charge is -2.05. The zero-order valence-corrected chi connectivity index (χ0v) is 16.1. The van der Waals surface area contributed by atoms with Gasteiger partial charge in [-0.2, -0.15) is 10.4 Å². The minimum atomic E-state index is -0.436. The van der Waals surface area contributed by atoms with Crippen molar-refractivity contribution in [1.29, 1.82) is 5.26 Å². The molecule has 0 unspecified atom stereocenters. The number of aromatic nitrogens is 2. The SMILES string of the molecule is CCc1c(C)sc(NC(=O)CCCn2nc(C)c([N+](=O)[O-])c2C)c1C#N. The predicted molar refractivity (Wildman–Crippen MR) is 99.4 cm³/mol. The molecular formula is C17H21N5O3S. The van der Waals surface area contributed by atoms with E-state index in [-0.39, 0.29) is 18.0 Å². The van der Waals surface area contributed by atoms with Crippen molar-refractivity contribution >= 4 is 27.9 Å². The number of hydrogen-bond donors (Lipinski definition) is 1. The number of nitrogens with zero attached hydrogens (tertiary/aromatic N) is 4. The molecule has 2 aromatic rings. The van der Waals surface area contributed by atoms with Crippen molar-refractivity contribution in [3.63, 3.8) is 0 Å². The van der Waals surface area contributed by atoms with Crippen LogP contribution in [0.15, 0.2) is 0 Å². The van der Waals surface area contributed by atoms with E-state index in [0.717, 1.165) is 16.9 Å². The summed E-state index contributed by atoms with van der Waals surface area (Å²) in [6, 6.07) is 2.17. The summed E-state index contributed by atoms with van der Waals surface area (Å²) in [7, 11) is 0. The smallest absolute Gasteiger partial charge is 0.312 e. The summed E-state index contributed by atoms with van der Waals surface area (Å²) >= 11 is 1.41. The first-order valence-corrected chi connectivity index (χ1v) is 9.12. The highest BCUT2D eigenvalue weighted by atomic mass is 32.1. The van der Waals surface area contributed by atoms with Gasteiger partial charge in [0.2, 0.25) is 5.91 Å². The van der Waals surface area contributed by atoms with Crippen LogP contribution >= 0.6 is 11.3 Å². The van der Waals surface area contributed by atoms with E-state index in [1.165, 1.54) is 11.3 Å². The normalized spacial score (nSPS) is 10.6. The van der Waals surface area contributed by atoms with Crippen molar-refractivity contribution in [3.05, 3.63) is 37.5 Å². The molecule has 0 fully saturated rings. The maximum Gasteiger partial charge on any atom is 0.312 e. The lowest BCUT2D eigenvalue weighted by molar-refractivity contribution is -0.386. The molecule has 138 valence electrons. The van der Waals surface area contributed by atoms with E-state index >= 15 is 0 Å². The second-order valence-corrected chi connectivity index (χ2v) is 7.18. The summed E-state index contributed by atoms with van der Waals surface area (Å²) in [5.41, 5.74) is 2.40. The van der Waals surface area contributed by atoms with Crippen molar-refractivity contribution < 1.29 is 9.72 Å². The highest BCUT2D eigenvalue weighted by Crippen LogP contribution is 2.32. The number of carbonyl (C=O) groups excluding carboxylic acids is 1. The molecule has 0 atom stereocenters. The Balaban J connectivity index is 1.98. The molecule has 1 amide bonds. The van der Waals surface area contributed by atoms with Crippen LogP contribution < -0.4 is 5.32 Å². The molecule has 0 aliphatic carbocycles. The summed E-state index contributed by atoms with van der Waals surface area (Å²) in [4.78, 5) is 23.8. The molecule has 8 nitrogen and oxygen atoms in total. The number of aryl methyl sites for hydroxylation is 3. The van der Waals surface area contributed by atoms with E-state index in [4.69, 9.17) is 0 Å². The fourth-order valence-corrected chi connectivity index (χ4v) is 4.07. The Morgan fingerprint density at radius 2 is 2.12 bits per heavy atom. The summed E-state index contributed by atoms with van der Waals surface area (Å²) in [6.45, 7) is 7.59. The Bertz CT molecular complexity index is 891. The van der Waals surface area contributed by atoms with Crippen LogP contribution in [0.25, 0.3) is 0 Å². The number of amides is 1. The maximum absolute atomic E-state index is 12.2. The minimum absolute atomic E-state index is 0.0225. The highest BCUT2D eigenvalue weighted by molar-refractivity contribution is 7.16. The number of carbonyl (C=O) groups is 1. The van der Waals surface area contributed by atoms with Gasteiger partial charge in [0.15, 0.2) is 0 Å². The number of anilines is 1. The number of hydrogen-bond acceptors (Lipinski definition) is 6. The molecule has 0 spiro atoms. The van der Waals surface area contributed by atoms with Crippen LogP contribution in [-0.4, -0.2) is 20.6 Å². The van der Waals surface area contributed by atoms with Crippen LogP contribution in [-0.2, 0) is 17.8 Å². The second-order valence-electron chi connectivity index (χ2n) is 5.96. The summed E-state index contributed by atoms with van der Waals surface area (Å²) in [5.74, 6) is -0.179. The summed E-state index contributed by atoms with van der Waals surface area (Å²) in [5, 5.41) is 27.9. The maximum atomic E-state index is 12.2. The van der Waals surface area contributed by atoms with Crippen molar-refractivity contribution in [2.24, 2.45) is 0 Å². The summed E-state index contributed by atoms with van der Waals surface area (Å²) < 4.78 is 1.56. The average molecular weight is 375 g/mol. The molecule has 1 N–H and O–H groups in total. The van der Waals surface area contributed by atoms with Gasteiger partial charge in [0.25, 0.3) is 0 Å². The molecule has 9 heteroatoms. The first-order valence-electron chi connectivity index (χ1n) is 8.30. The molecule has 2 rings (SSSR count). The van der Waals surface area contributed by atoms with E-state index in [1.807, 2.05) is 13.8 Å². The van der Waals surface area contributed by atoms with Crippen LogP contribution in [0.2, 0.25) is 0 Å². The Hall–Kier alpha value is -2.73. The Morgan fingerprint density at radius 1 is 1.42 bits per heavy atom. The molecule has 0 aliphatic rings. The van der Waals surface area contributed by atoms with Crippen LogP contribution in [0.5, 0.6) is 0 Å². The number of nitriles is 1. The van der Waals surface area contributed by atoms with Crippen LogP contribution in [0, 0.1) is 42.2 Å². The predicted octanol–water partition coefficient (Wildman–Crippen LogP) is 3.63. The van der Waals surface area contributed by atoms with Crippen LogP contribution in [0.1, 0.15) is 47.2 Å². The topological polar surface area (TPSA) is 114 Å². The molecule has 2 heterocycles. The molecule has 0 radical (unpaired) electrons. The van der Waals surface area contributed by atoms with Gasteiger partial charge in [-0.1, -0.05) is 6.92 Å². The van der Waals surface area contributed by atoms with Gasteiger partial charge in [-0.05, 0) is 39.2 Å². The lowest BCUT2D eigenvalue weighted by Crippen LogP contribution is -2.13. The lowest BCUT2D eigenvalue weighted by atomic mass is 10.1. The van der Waals surface area contributed by atoms with E-state index in [9.17, 15) is 20.2 Å². The van der Waals surface area contributed by atoms with Crippen LogP contribution in [0.4, 0.5) is 10.7 Å². The van der Waals surface area contributed by atoms with Gasteiger partial charge in [-0.25, -0.2) is 0 Å². The van der Waals surface area contributed by atoms with Crippen molar-refractivity contribution in [3.8, 4) is 6.07 Å². The molecular weight excluding hydrogens is 354 g/mol. The van der Waals surface area contributed by atoms with Gasteiger partial charge in [0.05, 0.1) is 10.5 Å². The third-order valence-electron chi connectivity index (χ3n) is 4.23. The molecule has 0 saturated heterocycles. The monoisotopic (exact) mass is 375 g/mol. The van der Waals surface area contributed by atoms with Crippen LogP contribution in [0.3, 0.4) is 0 Å². The Morgan fingerprint density at radius 3 is 2.65 bits per heavy atom. The van der Waals surface area contributed by atoms with Crippen molar-refractivity contribution in [2.45, 2.75) is 53.5 Å². The number of thiophene rings is 1. The zero-order chi connectivity index (χ0) is 19.4. The van der Waals surface area contributed by atoms with Gasteiger partial charge in [0.1, 0.15) is 22.5 Å². The van der Waals surface area contributed by atoms with Gasteiger partial charge in [-0.15, -0.1) is 11.3 Å². The average Bonchev–Trinajstić information content (AvgIpc) is 3.02. The van der Waals surface area contributed by atoms with Crippen molar-refractivity contribution in [1.82, 2.24) is 9.78 Å². The summed E-state index contributed by atoms with van der Waals surface area (Å²) in [6.07, 6.45) is 1.49. The van der Waals surface area contributed by atoms with E-state index in [2.05, 4.69) is 16.5 Å². The largest absolute Gasteiger partial charge is 0.317 e. The standard InChI is InChI=1S/C17H21N5O3S/c1-5-13-12(4)26-17(14(13)9-18)19-15(23)7-6-8-21-11(3)16(22(24)25)10(2)20-21/h5-8H2,1-4H3,(H,19,23). The van der Waals surface area contributed by atoms with Gasteiger partial charge in [-0.3, -0.25) is 19.6 Å². The Kier molecular flexibility index (Phi) is 6.10. The fourth-order valence-electron chi connectivity index (χ4n) is 2.96. The molecule has 0 aromatic carbocycles. The zero-order valence-electron chi connectivity index (χ0n) is 15.3. The quantitative estimate of drug-likeness (QED) is 0.586. The van der Waals surface area contributed by atoms with Gasteiger partial charge < -0.3 is 5.32 Å². The first-order chi connectivity index (χ1) is 12.3. The highest BCUT2D eigenvalue weighted by Gasteiger charge is 2.21. The fraction of sp³-hybridized carbons (Fsp3) is 0.471. The molecule has 26 heavy (non-hydrogen) atoms.